The molecule has 0 radical (unpaired) electrons. The fourth-order valence-electron chi connectivity index (χ4n) is 3.47. The molecule has 4 nitrogen and oxygen atoms in total. The molecule has 1 aliphatic heterocycles. The predicted octanol–water partition coefficient (Wildman–Crippen LogP) is 5.65. The Kier molecular flexibility index (Phi) is 5.79. The average Bonchev–Trinajstić information content (AvgIpc) is 2.98. The first kappa shape index (κ1) is 19.8. The lowest BCUT2D eigenvalue weighted by Crippen LogP contribution is -2.27. The normalized spacial score (nSPS) is 13.6. The van der Waals surface area contributed by atoms with Crippen LogP contribution in [0.4, 0.5) is 4.39 Å². The minimum atomic E-state index is -0.607. The molecule has 0 atom stereocenters. The highest BCUT2D eigenvalue weighted by atomic mass is 35.5. The standard InChI is InChI=1S/C22H19Cl2FN2O2/c23-17-14-18(25)16(20-21(24)26-10-4-5-11-27(26)22(20)28)13-19(17)29-12-6-9-15-7-2-1-3-8-15/h1-3,6-9,13-14H,4-5,10-12H2. The SMILES string of the molecule is O=c1c(-c2cc(OCC=Cc3ccccc3)c(Cl)cc2F)c(Cl)n2n1CCCC2. The number of halogens is 3. The van der Waals surface area contributed by atoms with Crippen LogP contribution in [0.5, 0.6) is 5.75 Å². The van der Waals surface area contributed by atoms with Crippen LogP contribution in [0.2, 0.25) is 10.2 Å². The van der Waals surface area contributed by atoms with E-state index in [2.05, 4.69) is 0 Å². The van der Waals surface area contributed by atoms with Gasteiger partial charge in [0.15, 0.2) is 0 Å². The van der Waals surface area contributed by atoms with Gasteiger partial charge in [-0.3, -0.25) is 9.48 Å². The van der Waals surface area contributed by atoms with E-state index >= 15 is 0 Å². The van der Waals surface area contributed by atoms with Gasteiger partial charge in [-0.05, 0) is 36.6 Å². The van der Waals surface area contributed by atoms with Crippen molar-refractivity contribution in [3.8, 4) is 16.9 Å². The highest BCUT2D eigenvalue weighted by Crippen LogP contribution is 2.35. The van der Waals surface area contributed by atoms with E-state index in [-0.39, 0.29) is 33.5 Å². The van der Waals surface area contributed by atoms with Crippen LogP contribution >= 0.6 is 23.2 Å². The van der Waals surface area contributed by atoms with Crippen LogP contribution in [0.1, 0.15) is 18.4 Å². The summed E-state index contributed by atoms with van der Waals surface area (Å²) in [5, 5.41) is 0.380. The van der Waals surface area contributed by atoms with E-state index in [1.807, 2.05) is 42.5 Å². The Balaban J connectivity index is 1.62. The van der Waals surface area contributed by atoms with Crippen LogP contribution in [0.25, 0.3) is 17.2 Å². The maximum absolute atomic E-state index is 14.7. The Morgan fingerprint density at radius 1 is 1.07 bits per heavy atom. The van der Waals surface area contributed by atoms with Crippen LogP contribution in [0.3, 0.4) is 0 Å². The Morgan fingerprint density at radius 2 is 1.79 bits per heavy atom. The van der Waals surface area contributed by atoms with E-state index in [4.69, 9.17) is 27.9 Å². The molecule has 0 amide bonds. The van der Waals surface area contributed by atoms with Crippen LogP contribution in [0.15, 0.2) is 53.3 Å². The summed E-state index contributed by atoms with van der Waals surface area (Å²) >= 11 is 12.6. The van der Waals surface area contributed by atoms with E-state index in [9.17, 15) is 9.18 Å². The largest absolute Gasteiger partial charge is 0.488 e. The van der Waals surface area contributed by atoms with Crippen LogP contribution in [0, 0.1) is 5.82 Å². The summed E-state index contributed by atoms with van der Waals surface area (Å²) in [7, 11) is 0. The third kappa shape index (κ3) is 3.98. The Hall–Kier alpha value is -2.50. The maximum atomic E-state index is 14.7. The Morgan fingerprint density at radius 3 is 2.52 bits per heavy atom. The molecule has 1 aliphatic rings. The molecule has 2 heterocycles. The minimum absolute atomic E-state index is 0.0980. The fraction of sp³-hybridized carbons (Fsp3) is 0.227. The molecular formula is C22H19Cl2FN2O2. The van der Waals surface area contributed by atoms with Gasteiger partial charge in [-0.15, -0.1) is 0 Å². The number of rotatable bonds is 5. The zero-order valence-corrected chi connectivity index (χ0v) is 17.1. The zero-order valence-electron chi connectivity index (χ0n) is 15.6. The molecule has 0 N–H and O–H groups in total. The molecule has 150 valence electrons. The van der Waals surface area contributed by atoms with Gasteiger partial charge in [-0.25, -0.2) is 9.07 Å². The monoisotopic (exact) mass is 432 g/mol. The van der Waals surface area contributed by atoms with Crippen molar-refractivity contribution in [2.75, 3.05) is 6.61 Å². The first-order valence-electron chi connectivity index (χ1n) is 9.39. The second-order valence-corrected chi connectivity index (χ2v) is 7.58. The number of ether oxygens (including phenoxy) is 1. The van der Waals surface area contributed by atoms with Crippen molar-refractivity contribution in [3.63, 3.8) is 0 Å². The summed E-state index contributed by atoms with van der Waals surface area (Å²) in [6.07, 6.45) is 5.58. The van der Waals surface area contributed by atoms with Crippen LogP contribution < -0.4 is 10.3 Å². The molecule has 0 bridgehead atoms. The molecular weight excluding hydrogens is 414 g/mol. The molecule has 4 rings (SSSR count). The molecule has 0 unspecified atom stereocenters. The topological polar surface area (TPSA) is 36.2 Å². The summed E-state index contributed by atoms with van der Waals surface area (Å²) in [5.41, 5.74) is 0.986. The van der Waals surface area contributed by atoms with Gasteiger partial charge < -0.3 is 4.74 Å². The van der Waals surface area contributed by atoms with E-state index in [0.717, 1.165) is 24.5 Å². The molecule has 29 heavy (non-hydrogen) atoms. The lowest BCUT2D eigenvalue weighted by atomic mass is 10.1. The third-order valence-corrected chi connectivity index (χ3v) is 5.58. The molecule has 7 heteroatoms. The molecule has 0 spiro atoms. The van der Waals surface area contributed by atoms with Crippen molar-refractivity contribution in [2.45, 2.75) is 25.9 Å². The van der Waals surface area contributed by atoms with Gasteiger partial charge in [-0.1, -0.05) is 59.6 Å². The summed E-state index contributed by atoms with van der Waals surface area (Å²) in [4.78, 5) is 12.8. The lowest BCUT2D eigenvalue weighted by Gasteiger charge is -2.17. The summed E-state index contributed by atoms with van der Waals surface area (Å²) < 4.78 is 23.7. The van der Waals surface area contributed by atoms with Gasteiger partial charge >= 0.3 is 0 Å². The molecule has 0 aliphatic carbocycles. The molecule has 2 aromatic carbocycles. The van der Waals surface area contributed by atoms with Crippen molar-refractivity contribution in [1.29, 1.82) is 0 Å². The van der Waals surface area contributed by atoms with Gasteiger partial charge in [-0.2, -0.15) is 0 Å². The van der Waals surface area contributed by atoms with Gasteiger partial charge in [0.05, 0.1) is 10.6 Å². The van der Waals surface area contributed by atoms with E-state index in [1.165, 1.54) is 6.07 Å². The molecule has 1 aromatic heterocycles. The Labute approximate surface area is 177 Å². The van der Waals surface area contributed by atoms with E-state index in [0.29, 0.717) is 18.8 Å². The van der Waals surface area contributed by atoms with Crippen molar-refractivity contribution in [2.24, 2.45) is 0 Å². The first-order chi connectivity index (χ1) is 14.1. The lowest BCUT2D eigenvalue weighted by molar-refractivity contribution is 0.356. The summed E-state index contributed by atoms with van der Waals surface area (Å²) in [6.45, 7) is 1.46. The minimum Gasteiger partial charge on any atom is -0.488 e. The first-order valence-corrected chi connectivity index (χ1v) is 10.1. The molecule has 0 saturated carbocycles. The summed E-state index contributed by atoms with van der Waals surface area (Å²) in [5.74, 6) is -0.310. The molecule has 3 aromatic rings. The highest BCUT2D eigenvalue weighted by molar-refractivity contribution is 6.33. The molecule has 0 fully saturated rings. The number of fused-ring (bicyclic) bond motifs is 1. The van der Waals surface area contributed by atoms with Crippen molar-refractivity contribution in [1.82, 2.24) is 9.36 Å². The maximum Gasteiger partial charge on any atom is 0.276 e. The number of aromatic nitrogens is 2. The van der Waals surface area contributed by atoms with Crippen molar-refractivity contribution < 1.29 is 9.13 Å². The van der Waals surface area contributed by atoms with Gasteiger partial charge in [0, 0.05) is 18.7 Å². The predicted molar refractivity (Wildman–Crippen MR) is 114 cm³/mol. The number of nitrogens with zero attached hydrogens (tertiary/aromatic N) is 2. The quantitative estimate of drug-likeness (QED) is 0.522. The second-order valence-electron chi connectivity index (χ2n) is 6.81. The van der Waals surface area contributed by atoms with Crippen molar-refractivity contribution >= 4 is 29.3 Å². The smallest absolute Gasteiger partial charge is 0.276 e. The van der Waals surface area contributed by atoms with Crippen molar-refractivity contribution in [3.05, 3.63) is 80.5 Å². The summed E-state index contributed by atoms with van der Waals surface area (Å²) in [6, 6.07) is 12.4. The highest BCUT2D eigenvalue weighted by Gasteiger charge is 2.25. The van der Waals surface area contributed by atoms with Gasteiger partial charge in [0.25, 0.3) is 5.56 Å². The Bertz CT molecular complexity index is 1120. The van der Waals surface area contributed by atoms with Crippen LogP contribution in [-0.2, 0) is 13.1 Å². The third-order valence-electron chi connectivity index (χ3n) is 4.90. The number of hydrogen-bond acceptors (Lipinski definition) is 2. The average molecular weight is 433 g/mol. The van der Waals surface area contributed by atoms with Gasteiger partial charge in [0.1, 0.15) is 23.3 Å². The van der Waals surface area contributed by atoms with Crippen LogP contribution in [-0.4, -0.2) is 16.0 Å². The van der Waals surface area contributed by atoms with Gasteiger partial charge in [0.2, 0.25) is 0 Å². The second kappa shape index (κ2) is 8.47. The van der Waals surface area contributed by atoms with E-state index < -0.39 is 5.82 Å². The molecule has 0 saturated heterocycles. The number of benzene rings is 2. The zero-order chi connectivity index (χ0) is 20.4. The fourth-order valence-corrected chi connectivity index (χ4v) is 4.03. The number of hydrogen-bond donors (Lipinski definition) is 0. The van der Waals surface area contributed by atoms with E-state index in [1.54, 1.807) is 9.36 Å².